The third kappa shape index (κ3) is 4.04. The monoisotopic (exact) mass is 294 g/mol. The van der Waals surface area contributed by atoms with E-state index in [9.17, 15) is 8.78 Å². The summed E-state index contributed by atoms with van der Waals surface area (Å²) in [6.07, 6.45) is 2.85. The molecule has 0 aliphatic rings. The highest BCUT2D eigenvalue weighted by molar-refractivity contribution is 6.17. The van der Waals surface area contributed by atoms with Crippen molar-refractivity contribution in [1.29, 1.82) is 0 Å². The molecule has 0 saturated carbocycles. The molecule has 0 bridgehead atoms. The molecule has 0 unspecified atom stereocenters. The van der Waals surface area contributed by atoms with Crippen LogP contribution in [0.3, 0.4) is 0 Å². The summed E-state index contributed by atoms with van der Waals surface area (Å²) in [4.78, 5) is 0. The van der Waals surface area contributed by atoms with Gasteiger partial charge < -0.3 is 0 Å². The maximum atomic E-state index is 13.0. The third-order valence-electron chi connectivity index (χ3n) is 3.42. The maximum Gasteiger partial charge on any atom is 0.123 e. The van der Waals surface area contributed by atoms with Crippen LogP contribution in [0, 0.1) is 11.6 Å². The minimum absolute atomic E-state index is 0.152. The van der Waals surface area contributed by atoms with Crippen LogP contribution in [0.5, 0.6) is 0 Å². The molecule has 0 spiro atoms. The average Bonchev–Trinajstić information content (AvgIpc) is 2.46. The molecule has 0 nitrogen and oxygen atoms in total. The Hall–Kier alpha value is -1.41. The molecule has 0 aliphatic carbocycles. The minimum atomic E-state index is -0.243. The minimum Gasteiger partial charge on any atom is -0.207 e. The van der Waals surface area contributed by atoms with Crippen LogP contribution < -0.4 is 0 Å². The van der Waals surface area contributed by atoms with Crippen LogP contribution in [-0.2, 0) is 0 Å². The van der Waals surface area contributed by atoms with Crippen molar-refractivity contribution in [3.05, 3.63) is 71.3 Å². The van der Waals surface area contributed by atoms with Crippen molar-refractivity contribution in [3.8, 4) is 0 Å². The number of halogens is 3. The fourth-order valence-corrected chi connectivity index (χ4v) is 2.55. The Bertz CT molecular complexity index is 474. The summed E-state index contributed by atoms with van der Waals surface area (Å²) < 4.78 is 26.1. The van der Waals surface area contributed by atoms with Gasteiger partial charge in [-0.2, -0.15) is 0 Å². The van der Waals surface area contributed by atoms with Crippen molar-refractivity contribution in [2.75, 3.05) is 5.88 Å². The van der Waals surface area contributed by atoms with Gasteiger partial charge in [-0.15, -0.1) is 11.6 Å². The molecule has 0 N–H and O–H groups in total. The molecular formula is C17H17ClF2. The normalized spacial score (nSPS) is 11.0. The molecule has 20 heavy (non-hydrogen) atoms. The lowest BCUT2D eigenvalue weighted by molar-refractivity contribution is 0.617. The number of unbranched alkanes of at least 4 members (excludes halogenated alkanes) is 1. The first kappa shape index (κ1) is 15.0. The van der Waals surface area contributed by atoms with E-state index < -0.39 is 0 Å². The van der Waals surface area contributed by atoms with Crippen molar-refractivity contribution in [2.45, 2.75) is 25.2 Å². The molecule has 0 aromatic heterocycles. The fourth-order valence-electron chi connectivity index (χ4n) is 2.36. The van der Waals surface area contributed by atoms with Crippen molar-refractivity contribution < 1.29 is 8.78 Å². The lowest BCUT2D eigenvalue weighted by Gasteiger charge is -2.18. The van der Waals surface area contributed by atoms with Crippen LogP contribution in [0.4, 0.5) is 8.78 Å². The van der Waals surface area contributed by atoms with Crippen LogP contribution >= 0.6 is 11.6 Å². The highest BCUT2D eigenvalue weighted by Crippen LogP contribution is 2.30. The van der Waals surface area contributed by atoms with Gasteiger partial charge in [-0.3, -0.25) is 0 Å². The Morgan fingerprint density at radius 2 is 1.20 bits per heavy atom. The van der Waals surface area contributed by atoms with Crippen LogP contribution in [0.25, 0.3) is 0 Å². The number of hydrogen-bond acceptors (Lipinski definition) is 0. The maximum absolute atomic E-state index is 13.0. The van der Waals surface area contributed by atoms with Gasteiger partial charge in [0.05, 0.1) is 0 Å². The SMILES string of the molecule is Fc1ccc(C(CCCCCl)c2ccc(F)cc2)cc1. The largest absolute Gasteiger partial charge is 0.207 e. The Kier molecular flexibility index (Phi) is 5.54. The van der Waals surface area contributed by atoms with E-state index in [0.717, 1.165) is 30.4 Å². The smallest absolute Gasteiger partial charge is 0.123 e. The first-order chi connectivity index (χ1) is 9.70. The number of rotatable bonds is 6. The average molecular weight is 295 g/mol. The lowest BCUT2D eigenvalue weighted by Crippen LogP contribution is -2.02. The first-order valence-electron chi connectivity index (χ1n) is 6.77. The van der Waals surface area contributed by atoms with Crippen molar-refractivity contribution in [2.24, 2.45) is 0 Å². The van der Waals surface area contributed by atoms with E-state index in [2.05, 4.69) is 0 Å². The second kappa shape index (κ2) is 7.39. The van der Waals surface area contributed by atoms with E-state index in [1.807, 2.05) is 0 Å². The van der Waals surface area contributed by atoms with E-state index in [4.69, 9.17) is 11.6 Å². The van der Waals surface area contributed by atoms with Crippen molar-refractivity contribution >= 4 is 11.6 Å². The molecule has 0 aliphatic heterocycles. The van der Waals surface area contributed by atoms with Crippen LogP contribution in [0.1, 0.15) is 36.3 Å². The summed E-state index contributed by atoms with van der Waals surface area (Å²) in [7, 11) is 0. The van der Waals surface area contributed by atoms with Crippen molar-refractivity contribution in [3.63, 3.8) is 0 Å². The summed E-state index contributed by atoms with van der Waals surface area (Å²) in [5.41, 5.74) is 2.10. The highest BCUT2D eigenvalue weighted by Gasteiger charge is 2.14. The van der Waals surface area contributed by atoms with Gasteiger partial charge >= 0.3 is 0 Å². The Morgan fingerprint density at radius 3 is 1.60 bits per heavy atom. The molecule has 0 saturated heterocycles. The summed E-state index contributed by atoms with van der Waals surface area (Å²) in [5.74, 6) is 0.304. The van der Waals surface area contributed by atoms with E-state index in [0.29, 0.717) is 5.88 Å². The molecule has 0 atom stereocenters. The predicted octanol–water partition coefficient (Wildman–Crippen LogP) is 5.51. The molecule has 0 fully saturated rings. The van der Waals surface area contributed by atoms with Gasteiger partial charge in [0.15, 0.2) is 0 Å². The predicted molar refractivity (Wildman–Crippen MR) is 79.2 cm³/mol. The van der Waals surface area contributed by atoms with Gasteiger partial charge in [-0.1, -0.05) is 30.7 Å². The van der Waals surface area contributed by atoms with Crippen LogP contribution in [0.15, 0.2) is 48.5 Å². The summed E-state index contributed by atoms with van der Waals surface area (Å²) in [6, 6.07) is 13.0. The molecule has 0 radical (unpaired) electrons. The van der Waals surface area contributed by atoms with Crippen LogP contribution in [0.2, 0.25) is 0 Å². The van der Waals surface area contributed by atoms with Gasteiger partial charge in [0.1, 0.15) is 11.6 Å². The van der Waals surface area contributed by atoms with E-state index in [1.165, 1.54) is 24.3 Å². The van der Waals surface area contributed by atoms with Crippen LogP contribution in [-0.4, -0.2) is 5.88 Å². The topological polar surface area (TPSA) is 0 Å². The van der Waals surface area contributed by atoms with Gasteiger partial charge in [0.2, 0.25) is 0 Å². The Balaban J connectivity index is 2.23. The van der Waals surface area contributed by atoms with E-state index in [1.54, 1.807) is 24.3 Å². The van der Waals surface area contributed by atoms with Crippen molar-refractivity contribution in [1.82, 2.24) is 0 Å². The van der Waals surface area contributed by atoms with Gasteiger partial charge in [-0.25, -0.2) is 8.78 Å². The number of hydrogen-bond donors (Lipinski definition) is 0. The Morgan fingerprint density at radius 1 is 0.750 bits per heavy atom. The first-order valence-corrected chi connectivity index (χ1v) is 7.31. The van der Waals surface area contributed by atoms with Gasteiger partial charge in [0, 0.05) is 11.8 Å². The zero-order valence-electron chi connectivity index (χ0n) is 11.2. The zero-order chi connectivity index (χ0) is 14.4. The zero-order valence-corrected chi connectivity index (χ0v) is 11.9. The molecule has 2 aromatic rings. The summed E-state index contributed by atoms with van der Waals surface area (Å²) in [6.45, 7) is 0. The van der Waals surface area contributed by atoms with Gasteiger partial charge in [0.25, 0.3) is 0 Å². The van der Waals surface area contributed by atoms with Gasteiger partial charge in [-0.05, 0) is 48.2 Å². The second-order valence-electron chi connectivity index (χ2n) is 4.84. The highest BCUT2D eigenvalue weighted by atomic mass is 35.5. The third-order valence-corrected chi connectivity index (χ3v) is 3.69. The number of alkyl halides is 1. The Labute approximate surface area is 123 Å². The molecule has 3 heteroatoms. The second-order valence-corrected chi connectivity index (χ2v) is 5.22. The molecule has 2 aromatic carbocycles. The summed E-state index contributed by atoms with van der Waals surface area (Å²) >= 11 is 5.72. The molecular weight excluding hydrogens is 278 g/mol. The van der Waals surface area contributed by atoms with E-state index in [-0.39, 0.29) is 17.6 Å². The lowest BCUT2D eigenvalue weighted by atomic mass is 9.87. The molecule has 0 heterocycles. The number of benzene rings is 2. The molecule has 2 rings (SSSR count). The molecule has 106 valence electrons. The quantitative estimate of drug-likeness (QED) is 0.487. The standard InChI is InChI=1S/C17H17ClF2/c18-12-2-1-3-17(13-4-8-15(19)9-5-13)14-6-10-16(20)11-7-14/h4-11,17H,1-3,12H2. The summed E-state index contributed by atoms with van der Waals surface area (Å²) in [5, 5.41) is 0. The fraction of sp³-hybridized carbons (Fsp3) is 0.294. The van der Waals surface area contributed by atoms with E-state index >= 15 is 0 Å². The molecule has 0 amide bonds.